The van der Waals surface area contributed by atoms with Crippen LogP contribution in [0.2, 0.25) is 0 Å². The molecule has 0 aromatic heterocycles. The minimum absolute atomic E-state index is 0.128. The van der Waals surface area contributed by atoms with E-state index in [-0.39, 0.29) is 5.92 Å². The summed E-state index contributed by atoms with van der Waals surface area (Å²) in [6, 6.07) is 3.92. The van der Waals surface area contributed by atoms with E-state index in [1.54, 1.807) is 14.2 Å². The maximum absolute atomic E-state index is 8.95. The number of ether oxygens (including phenoxy) is 2. The number of rotatable bonds is 2. The number of hydrogen-bond acceptors (Lipinski definition) is 4. The van der Waals surface area contributed by atoms with Gasteiger partial charge in [0.25, 0.3) is 0 Å². The van der Waals surface area contributed by atoms with Crippen molar-refractivity contribution >= 4 is 5.71 Å². The van der Waals surface area contributed by atoms with Crippen molar-refractivity contribution in [3.63, 3.8) is 0 Å². The average Bonchev–Trinajstić information content (AvgIpc) is 2.37. The van der Waals surface area contributed by atoms with Gasteiger partial charge in [-0.3, -0.25) is 0 Å². The fraction of sp³-hybridized carbons (Fsp3) is 0.462. The van der Waals surface area contributed by atoms with Crippen molar-refractivity contribution in [2.24, 2.45) is 5.16 Å². The summed E-state index contributed by atoms with van der Waals surface area (Å²) in [6.45, 7) is 2.04. The summed E-state index contributed by atoms with van der Waals surface area (Å²) in [5.74, 6) is 1.68. The van der Waals surface area contributed by atoms with Gasteiger partial charge in [0, 0.05) is 11.5 Å². The van der Waals surface area contributed by atoms with Gasteiger partial charge in [0.1, 0.15) is 0 Å². The van der Waals surface area contributed by atoms with E-state index in [0.29, 0.717) is 0 Å². The number of fused-ring (bicyclic) bond motifs is 1. The highest BCUT2D eigenvalue weighted by Crippen LogP contribution is 2.40. The third-order valence-electron chi connectivity index (χ3n) is 3.41. The van der Waals surface area contributed by atoms with E-state index >= 15 is 0 Å². The molecule has 1 atom stereocenters. The zero-order valence-corrected chi connectivity index (χ0v) is 10.4. The van der Waals surface area contributed by atoms with Crippen LogP contribution in [0.5, 0.6) is 11.5 Å². The Hall–Kier alpha value is -1.71. The molecular weight excluding hydrogens is 218 g/mol. The van der Waals surface area contributed by atoms with E-state index in [1.807, 2.05) is 19.1 Å². The standard InChI is InChI=1S/C13H17NO3/c1-8-9-5-7-12(16-2)13(17-3)10(9)4-6-11(8)14-15/h5,7-8,15H,4,6H2,1-3H3/b14-11+. The Balaban J connectivity index is 2.54. The van der Waals surface area contributed by atoms with E-state index in [4.69, 9.17) is 14.7 Å². The summed E-state index contributed by atoms with van der Waals surface area (Å²) in [7, 11) is 3.29. The van der Waals surface area contributed by atoms with Gasteiger partial charge in [-0.05, 0) is 24.5 Å². The van der Waals surface area contributed by atoms with Crippen molar-refractivity contribution in [3.8, 4) is 11.5 Å². The van der Waals surface area contributed by atoms with Gasteiger partial charge in [-0.1, -0.05) is 18.1 Å². The van der Waals surface area contributed by atoms with E-state index in [1.165, 1.54) is 0 Å². The van der Waals surface area contributed by atoms with Crippen LogP contribution in [0, 0.1) is 0 Å². The summed E-state index contributed by atoms with van der Waals surface area (Å²) in [5, 5.41) is 12.3. The van der Waals surface area contributed by atoms with Crippen molar-refractivity contribution in [1.82, 2.24) is 0 Å². The molecule has 1 N–H and O–H groups in total. The quantitative estimate of drug-likeness (QED) is 0.633. The minimum Gasteiger partial charge on any atom is -0.493 e. The molecule has 0 aliphatic heterocycles. The molecule has 92 valence electrons. The molecule has 0 saturated heterocycles. The molecule has 0 amide bonds. The lowest BCUT2D eigenvalue weighted by Crippen LogP contribution is -2.19. The largest absolute Gasteiger partial charge is 0.493 e. The summed E-state index contributed by atoms with van der Waals surface area (Å²) >= 11 is 0. The van der Waals surface area contributed by atoms with Crippen molar-refractivity contribution in [2.75, 3.05) is 14.2 Å². The lowest BCUT2D eigenvalue weighted by atomic mass is 9.82. The topological polar surface area (TPSA) is 51.0 Å². The van der Waals surface area contributed by atoms with Gasteiger partial charge < -0.3 is 14.7 Å². The summed E-state index contributed by atoms with van der Waals surface area (Å²) in [5.41, 5.74) is 3.14. The minimum atomic E-state index is 0.128. The van der Waals surface area contributed by atoms with Crippen LogP contribution in [0.1, 0.15) is 30.4 Å². The molecule has 17 heavy (non-hydrogen) atoms. The van der Waals surface area contributed by atoms with Gasteiger partial charge in [0.2, 0.25) is 0 Å². The Bertz CT molecular complexity index is 454. The van der Waals surface area contributed by atoms with Crippen LogP contribution < -0.4 is 9.47 Å². The molecular formula is C13H17NO3. The molecule has 0 radical (unpaired) electrons. The van der Waals surface area contributed by atoms with E-state index < -0.39 is 0 Å². The SMILES string of the molecule is COc1ccc2c(c1OC)CC/C(=N\O)C2C. The van der Waals surface area contributed by atoms with Gasteiger partial charge in [-0.25, -0.2) is 0 Å². The first-order chi connectivity index (χ1) is 8.22. The van der Waals surface area contributed by atoms with Crippen LogP contribution in [-0.2, 0) is 6.42 Å². The summed E-state index contributed by atoms with van der Waals surface area (Å²) in [4.78, 5) is 0. The molecule has 1 aromatic rings. The third-order valence-corrected chi connectivity index (χ3v) is 3.41. The summed E-state index contributed by atoms with van der Waals surface area (Å²) < 4.78 is 10.7. The Kier molecular flexibility index (Phi) is 3.22. The number of oxime groups is 1. The number of hydrogen-bond donors (Lipinski definition) is 1. The molecule has 1 aliphatic carbocycles. The Morgan fingerprint density at radius 3 is 2.59 bits per heavy atom. The molecule has 0 bridgehead atoms. The van der Waals surface area contributed by atoms with E-state index in [2.05, 4.69) is 5.16 Å². The van der Waals surface area contributed by atoms with Crippen molar-refractivity contribution in [2.45, 2.75) is 25.7 Å². The number of benzene rings is 1. The van der Waals surface area contributed by atoms with Crippen molar-refractivity contribution in [1.29, 1.82) is 0 Å². The van der Waals surface area contributed by atoms with E-state index in [0.717, 1.165) is 41.2 Å². The second-order valence-electron chi connectivity index (χ2n) is 4.18. The van der Waals surface area contributed by atoms with E-state index in [9.17, 15) is 0 Å². The molecule has 1 aliphatic rings. The average molecular weight is 235 g/mol. The van der Waals surface area contributed by atoms with Crippen molar-refractivity contribution < 1.29 is 14.7 Å². The van der Waals surface area contributed by atoms with Gasteiger partial charge >= 0.3 is 0 Å². The first-order valence-corrected chi connectivity index (χ1v) is 5.67. The molecule has 1 unspecified atom stereocenters. The van der Waals surface area contributed by atoms with Crippen LogP contribution in [0.3, 0.4) is 0 Å². The fourth-order valence-corrected chi connectivity index (χ4v) is 2.46. The molecule has 4 heteroatoms. The lowest BCUT2D eigenvalue weighted by Gasteiger charge is -2.26. The monoisotopic (exact) mass is 235 g/mol. The normalized spacial score (nSPS) is 21.1. The zero-order chi connectivity index (χ0) is 12.4. The highest BCUT2D eigenvalue weighted by atomic mass is 16.5. The molecule has 2 rings (SSSR count). The number of nitrogens with zero attached hydrogens (tertiary/aromatic N) is 1. The second-order valence-corrected chi connectivity index (χ2v) is 4.18. The van der Waals surface area contributed by atoms with Crippen LogP contribution >= 0.6 is 0 Å². The molecule has 0 fully saturated rings. The molecule has 0 heterocycles. The van der Waals surface area contributed by atoms with Gasteiger partial charge in [0.15, 0.2) is 11.5 Å². The molecule has 0 saturated carbocycles. The summed E-state index contributed by atoms with van der Waals surface area (Å²) in [6.07, 6.45) is 1.58. The highest BCUT2D eigenvalue weighted by molar-refractivity contribution is 5.92. The van der Waals surface area contributed by atoms with Gasteiger partial charge in [-0.15, -0.1) is 0 Å². The Morgan fingerprint density at radius 2 is 2.00 bits per heavy atom. The highest BCUT2D eigenvalue weighted by Gasteiger charge is 2.26. The van der Waals surface area contributed by atoms with Crippen molar-refractivity contribution in [3.05, 3.63) is 23.3 Å². The maximum atomic E-state index is 8.95. The first kappa shape index (κ1) is 11.8. The Labute approximate surface area is 101 Å². The molecule has 1 aromatic carbocycles. The lowest BCUT2D eigenvalue weighted by molar-refractivity contribution is 0.314. The predicted octanol–water partition coefficient (Wildman–Crippen LogP) is 2.58. The zero-order valence-electron chi connectivity index (χ0n) is 10.4. The van der Waals surface area contributed by atoms with Crippen LogP contribution in [0.4, 0.5) is 0 Å². The number of methoxy groups -OCH3 is 2. The third kappa shape index (κ3) is 1.84. The van der Waals surface area contributed by atoms with Gasteiger partial charge in [0.05, 0.1) is 19.9 Å². The second kappa shape index (κ2) is 4.65. The smallest absolute Gasteiger partial charge is 0.164 e. The fourth-order valence-electron chi connectivity index (χ4n) is 2.46. The van der Waals surface area contributed by atoms with Crippen LogP contribution in [0.25, 0.3) is 0 Å². The molecule has 0 spiro atoms. The van der Waals surface area contributed by atoms with Crippen LogP contribution in [-0.4, -0.2) is 25.1 Å². The predicted molar refractivity (Wildman–Crippen MR) is 65.5 cm³/mol. The Morgan fingerprint density at radius 1 is 1.24 bits per heavy atom. The molecule has 4 nitrogen and oxygen atoms in total. The first-order valence-electron chi connectivity index (χ1n) is 5.67. The van der Waals surface area contributed by atoms with Crippen LogP contribution in [0.15, 0.2) is 17.3 Å². The maximum Gasteiger partial charge on any atom is 0.164 e. The van der Waals surface area contributed by atoms with Gasteiger partial charge in [-0.2, -0.15) is 0 Å².